The van der Waals surface area contributed by atoms with Crippen LogP contribution < -0.4 is 10.6 Å². The lowest BCUT2D eigenvalue weighted by Crippen LogP contribution is -2.37. The Balaban J connectivity index is 2.43. The molecule has 1 aromatic carbocycles. The van der Waals surface area contributed by atoms with Crippen molar-refractivity contribution in [1.82, 2.24) is 5.73 Å². The summed E-state index contributed by atoms with van der Waals surface area (Å²) in [5.74, 6) is 0.0298. The van der Waals surface area contributed by atoms with Crippen LogP contribution in [0.2, 0.25) is 0 Å². The number of aliphatic hydroxyl groups excluding tert-OH is 1. The first-order valence-electron chi connectivity index (χ1n) is 4.98. The molecule has 0 aliphatic carbocycles. The van der Waals surface area contributed by atoms with Gasteiger partial charge in [-0.15, -0.1) is 0 Å². The van der Waals surface area contributed by atoms with Crippen molar-refractivity contribution in [3.8, 4) is 0 Å². The van der Waals surface area contributed by atoms with Crippen LogP contribution >= 0.6 is 0 Å². The van der Waals surface area contributed by atoms with Crippen molar-refractivity contribution in [2.24, 2.45) is 0 Å². The van der Waals surface area contributed by atoms with E-state index in [1.54, 1.807) is 17.0 Å². The van der Waals surface area contributed by atoms with Gasteiger partial charge in [0.2, 0.25) is 5.91 Å². The number of hydrogen-bond donors (Lipinski definition) is 1. The van der Waals surface area contributed by atoms with Crippen molar-refractivity contribution in [1.29, 1.82) is 0 Å². The van der Waals surface area contributed by atoms with Crippen molar-refractivity contribution < 1.29 is 9.90 Å². The second kappa shape index (κ2) is 3.90. The van der Waals surface area contributed by atoms with Gasteiger partial charge in [-0.3, -0.25) is 4.79 Å². The third kappa shape index (κ3) is 1.68. The molecule has 1 radical (unpaired) electrons. The minimum absolute atomic E-state index is 0.0298. The van der Waals surface area contributed by atoms with Crippen molar-refractivity contribution in [2.75, 3.05) is 18.1 Å². The average molecular weight is 205 g/mol. The molecule has 1 amide bonds. The van der Waals surface area contributed by atoms with Crippen molar-refractivity contribution in [3.63, 3.8) is 0 Å². The molecule has 15 heavy (non-hydrogen) atoms. The molecule has 2 N–H and O–H groups in total. The zero-order valence-electron chi connectivity index (χ0n) is 8.36. The minimum Gasteiger partial charge on any atom is -0.395 e. The highest BCUT2D eigenvalue weighted by Crippen LogP contribution is 2.32. The van der Waals surface area contributed by atoms with Gasteiger partial charge in [0.05, 0.1) is 12.3 Å². The van der Waals surface area contributed by atoms with Gasteiger partial charge in [-0.05, 0) is 18.6 Å². The highest BCUT2D eigenvalue weighted by Gasteiger charge is 2.24. The van der Waals surface area contributed by atoms with Crippen LogP contribution in [0.5, 0.6) is 0 Å². The largest absolute Gasteiger partial charge is 0.395 e. The average Bonchev–Trinajstić information content (AvgIpc) is 2.23. The van der Waals surface area contributed by atoms with E-state index in [2.05, 4.69) is 0 Å². The molecule has 0 spiro atoms. The zero-order chi connectivity index (χ0) is 10.8. The van der Waals surface area contributed by atoms with E-state index in [9.17, 15) is 4.79 Å². The summed E-state index contributed by atoms with van der Waals surface area (Å²) in [4.78, 5) is 13.2. The van der Waals surface area contributed by atoms with Gasteiger partial charge in [0.1, 0.15) is 0 Å². The number of carbonyl (C=O) groups is 1. The molecule has 0 bridgehead atoms. The van der Waals surface area contributed by atoms with Crippen LogP contribution in [0.3, 0.4) is 0 Å². The number of aliphatic hydroxyl groups is 1. The maximum atomic E-state index is 11.6. The first-order chi connectivity index (χ1) is 7.24. The molecular formula is C11H13N2O2. The molecular weight excluding hydrogens is 192 g/mol. The molecule has 0 unspecified atom stereocenters. The van der Waals surface area contributed by atoms with Crippen LogP contribution in [0.4, 0.5) is 11.4 Å². The number of hydrogen-bond acceptors (Lipinski definition) is 2. The smallest absolute Gasteiger partial charge is 0.227 e. The quantitative estimate of drug-likeness (QED) is 0.778. The SMILES string of the molecule is [NH]c1cccc2c1CCC(=O)N2CCO. The first-order valence-corrected chi connectivity index (χ1v) is 4.98. The number of rotatable bonds is 2. The highest BCUT2D eigenvalue weighted by atomic mass is 16.3. The molecule has 79 valence electrons. The van der Waals surface area contributed by atoms with E-state index in [4.69, 9.17) is 10.8 Å². The Kier molecular flexibility index (Phi) is 2.60. The number of anilines is 1. The Morgan fingerprint density at radius 2 is 2.20 bits per heavy atom. The third-order valence-electron chi connectivity index (χ3n) is 2.66. The van der Waals surface area contributed by atoms with Gasteiger partial charge in [0.25, 0.3) is 0 Å². The summed E-state index contributed by atoms with van der Waals surface area (Å²) < 4.78 is 0. The number of nitrogens with zero attached hydrogens (tertiary/aromatic N) is 1. The number of benzene rings is 1. The fraction of sp³-hybridized carbons (Fsp3) is 0.364. The molecule has 4 heteroatoms. The topological polar surface area (TPSA) is 64.3 Å². The van der Waals surface area contributed by atoms with Crippen LogP contribution in [-0.2, 0) is 11.2 Å². The van der Waals surface area contributed by atoms with Crippen molar-refractivity contribution >= 4 is 17.3 Å². The zero-order valence-corrected chi connectivity index (χ0v) is 8.36. The Bertz CT molecular complexity index is 390. The predicted octanol–water partition coefficient (Wildman–Crippen LogP) is 0.872. The van der Waals surface area contributed by atoms with Gasteiger partial charge in [-0.2, -0.15) is 0 Å². The summed E-state index contributed by atoms with van der Waals surface area (Å²) in [7, 11) is 0. The summed E-state index contributed by atoms with van der Waals surface area (Å²) >= 11 is 0. The maximum Gasteiger partial charge on any atom is 0.227 e. The summed E-state index contributed by atoms with van der Waals surface area (Å²) in [5.41, 5.74) is 9.90. The summed E-state index contributed by atoms with van der Waals surface area (Å²) in [6.45, 7) is 0.267. The van der Waals surface area contributed by atoms with E-state index in [0.29, 0.717) is 25.1 Å². The lowest BCUT2D eigenvalue weighted by atomic mass is 9.99. The lowest BCUT2D eigenvalue weighted by Gasteiger charge is -2.29. The van der Waals surface area contributed by atoms with E-state index in [1.807, 2.05) is 6.07 Å². The molecule has 0 saturated carbocycles. The molecule has 1 aliphatic heterocycles. The number of nitrogens with one attached hydrogen (secondary N) is 1. The Morgan fingerprint density at radius 3 is 2.93 bits per heavy atom. The van der Waals surface area contributed by atoms with Crippen LogP contribution in [0.15, 0.2) is 18.2 Å². The normalized spacial score (nSPS) is 15.3. The number of fused-ring (bicyclic) bond motifs is 1. The Labute approximate surface area is 88.3 Å². The van der Waals surface area contributed by atoms with Crippen LogP contribution in [0, 0.1) is 0 Å². The predicted molar refractivity (Wildman–Crippen MR) is 57.0 cm³/mol. The molecule has 1 aromatic rings. The molecule has 1 heterocycles. The van der Waals surface area contributed by atoms with E-state index < -0.39 is 0 Å². The van der Waals surface area contributed by atoms with Crippen molar-refractivity contribution in [2.45, 2.75) is 12.8 Å². The highest BCUT2D eigenvalue weighted by molar-refractivity contribution is 5.97. The van der Waals surface area contributed by atoms with E-state index in [-0.39, 0.29) is 12.5 Å². The molecule has 0 saturated heterocycles. The van der Waals surface area contributed by atoms with Gasteiger partial charge in [-0.25, -0.2) is 0 Å². The first kappa shape index (κ1) is 9.98. The van der Waals surface area contributed by atoms with Crippen molar-refractivity contribution in [3.05, 3.63) is 23.8 Å². The molecule has 1 aliphatic rings. The Hall–Kier alpha value is -1.55. The minimum atomic E-state index is -0.0482. The monoisotopic (exact) mass is 205 g/mol. The second-order valence-corrected chi connectivity index (χ2v) is 3.57. The molecule has 0 aromatic heterocycles. The van der Waals surface area contributed by atoms with Gasteiger partial charge in [0.15, 0.2) is 0 Å². The standard InChI is InChI=1S/C11H13N2O2/c12-9-2-1-3-10-8(9)4-5-11(15)13(10)6-7-14/h1-3,12,14H,4-7H2. The summed E-state index contributed by atoms with van der Waals surface area (Å²) in [6, 6.07) is 5.33. The third-order valence-corrected chi connectivity index (χ3v) is 2.66. The number of β-amino-alcohol motifs (C(OH)–C–C–N with tert-alkyl or cyclic N) is 1. The Morgan fingerprint density at radius 1 is 1.40 bits per heavy atom. The van der Waals surface area contributed by atoms with Crippen LogP contribution in [-0.4, -0.2) is 24.2 Å². The summed E-state index contributed by atoms with van der Waals surface area (Å²) in [5, 5.41) is 8.89. The fourth-order valence-corrected chi connectivity index (χ4v) is 1.94. The molecule has 2 rings (SSSR count). The maximum absolute atomic E-state index is 11.6. The van der Waals surface area contributed by atoms with Crippen LogP contribution in [0.25, 0.3) is 0 Å². The van der Waals surface area contributed by atoms with E-state index >= 15 is 0 Å². The van der Waals surface area contributed by atoms with Gasteiger partial charge < -0.3 is 15.7 Å². The van der Waals surface area contributed by atoms with Gasteiger partial charge in [0, 0.05) is 24.2 Å². The fourth-order valence-electron chi connectivity index (χ4n) is 1.94. The molecule has 0 atom stereocenters. The van der Waals surface area contributed by atoms with E-state index in [0.717, 1.165) is 11.3 Å². The van der Waals surface area contributed by atoms with E-state index in [1.165, 1.54) is 0 Å². The van der Waals surface area contributed by atoms with Crippen LogP contribution in [0.1, 0.15) is 12.0 Å². The van der Waals surface area contributed by atoms with Gasteiger partial charge >= 0.3 is 0 Å². The number of amides is 1. The van der Waals surface area contributed by atoms with Gasteiger partial charge in [-0.1, -0.05) is 6.07 Å². The second-order valence-electron chi connectivity index (χ2n) is 3.57. The molecule has 4 nitrogen and oxygen atoms in total. The summed E-state index contributed by atoms with van der Waals surface area (Å²) in [6.07, 6.45) is 1.07. The molecule has 0 fully saturated rings. The number of carbonyl (C=O) groups excluding carboxylic acids is 1. The lowest BCUT2D eigenvalue weighted by molar-refractivity contribution is -0.119.